The quantitative estimate of drug-likeness (QED) is 0.609. The van der Waals surface area contributed by atoms with Crippen LogP contribution in [-0.4, -0.2) is 18.8 Å². The Bertz CT molecular complexity index is 456. The first-order valence-electron chi connectivity index (χ1n) is 5.10. The molecule has 0 radical (unpaired) electrons. The number of carbonyl (C=O) groups excluding carboxylic acids is 1. The van der Waals surface area contributed by atoms with E-state index in [2.05, 4.69) is 9.47 Å². The maximum Gasteiger partial charge on any atom is 0.573 e. The van der Waals surface area contributed by atoms with Crippen molar-refractivity contribution in [3.05, 3.63) is 23.8 Å². The molecule has 0 saturated heterocycles. The van der Waals surface area contributed by atoms with Crippen LogP contribution in [0.25, 0.3) is 0 Å². The topological polar surface area (TPSA) is 35.5 Å². The van der Waals surface area contributed by atoms with Gasteiger partial charge < -0.3 is 9.47 Å². The first-order chi connectivity index (χ1) is 8.73. The molecule has 0 fully saturated rings. The molecule has 1 aromatic rings. The zero-order valence-corrected chi connectivity index (χ0v) is 9.63. The van der Waals surface area contributed by atoms with Crippen molar-refractivity contribution < 1.29 is 36.2 Å². The summed E-state index contributed by atoms with van der Waals surface area (Å²) in [5.74, 6) is -1.80. The molecule has 1 rings (SSSR count). The minimum Gasteiger partial charge on any atom is -0.434 e. The molecule has 8 heteroatoms. The number of carbonyl (C=O) groups is 1. The third-order valence-electron chi connectivity index (χ3n) is 2.02. The predicted molar refractivity (Wildman–Crippen MR) is 54.4 cm³/mol. The maximum atomic E-state index is 12.1. The second-order valence-corrected chi connectivity index (χ2v) is 3.36. The van der Waals surface area contributed by atoms with Crippen molar-refractivity contribution >= 4 is 5.78 Å². The molecule has 0 unspecified atom stereocenters. The minimum absolute atomic E-state index is 0.0743. The molecule has 0 amide bonds. The number of hydrogen-bond donors (Lipinski definition) is 0. The smallest absolute Gasteiger partial charge is 0.434 e. The average molecular weight is 284 g/mol. The van der Waals surface area contributed by atoms with Gasteiger partial charge in [-0.25, -0.2) is 0 Å². The van der Waals surface area contributed by atoms with Crippen LogP contribution in [0, 0.1) is 0 Å². The molecule has 0 bridgehead atoms. The van der Waals surface area contributed by atoms with Crippen LogP contribution in [0.5, 0.6) is 11.5 Å². The van der Waals surface area contributed by atoms with Gasteiger partial charge in [0.2, 0.25) is 0 Å². The first kappa shape index (κ1) is 15.2. The van der Waals surface area contributed by atoms with Gasteiger partial charge in [0.15, 0.2) is 5.78 Å². The van der Waals surface area contributed by atoms with Crippen molar-refractivity contribution in [2.45, 2.75) is 26.3 Å². The highest BCUT2D eigenvalue weighted by Crippen LogP contribution is 2.30. The van der Waals surface area contributed by atoms with E-state index in [-0.39, 0.29) is 12.0 Å². The maximum absolute atomic E-state index is 12.1. The number of ketones is 1. The summed E-state index contributed by atoms with van der Waals surface area (Å²) in [4.78, 5) is 11.5. The molecule has 0 aliphatic carbocycles. The number of ether oxygens (including phenoxy) is 2. The summed E-state index contributed by atoms with van der Waals surface area (Å²) in [6.45, 7) is -1.75. The summed E-state index contributed by atoms with van der Waals surface area (Å²) in [7, 11) is 0. The molecule has 106 valence electrons. The van der Waals surface area contributed by atoms with Crippen LogP contribution in [0.4, 0.5) is 22.0 Å². The minimum atomic E-state index is -4.93. The van der Waals surface area contributed by atoms with Crippen molar-refractivity contribution in [2.75, 3.05) is 0 Å². The van der Waals surface area contributed by atoms with Crippen molar-refractivity contribution in [2.24, 2.45) is 0 Å². The second kappa shape index (κ2) is 5.85. The molecule has 0 aromatic heterocycles. The van der Waals surface area contributed by atoms with Crippen LogP contribution in [0.15, 0.2) is 18.2 Å². The van der Waals surface area contributed by atoms with E-state index in [0.29, 0.717) is 0 Å². The predicted octanol–water partition coefficient (Wildman–Crippen LogP) is 3.78. The molecule has 0 heterocycles. The molecule has 19 heavy (non-hydrogen) atoms. The van der Waals surface area contributed by atoms with Gasteiger partial charge in [-0.15, -0.1) is 13.2 Å². The normalized spacial score (nSPS) is 11.5. The van der Waals surface area contributed by atoms with Crippen molar-refractivity contribution in [1.29, 1.82) is 0 Å². The van der Waals surface area contributed by atoms with Gasteiger partial charge in [0.1, 0.15) is 11.5 Å². The molecule has 0 aliphatic rings. The Balaban J connectivity index is 3.11. The molecule has 1 aromatic carbocycles. The fraction of sp³-hybridized carbons (Fsp3) is 0.364. The Morgan fingerprint density at radius 1 is 1.32 bits per heavy atom. The van der Waals surface area contributed by atoms with Crippen LogP contribution in [0.1, 0.15) is 23.7 Å². The lowest BCUT2D eigenvalue weighted by atomic mass is 10.1. The van der Waals surface area contributed by atoms with Crippen LogP contribution >= 0.6 is 0 Å². The van der Waals surface area contributed by atoms with Gasteiger partial charge in [-0.3, -0.25) is 4.79 Å². The fourth-order valence-electron chi connectivity index (χ4n) is 1.31. The van der Waals surface area contributed by atoms with Crippen LogP contribution in [0.3, 0.4) is 0 Å². The van der Waals surface area contributed by atoms with E-state index < -0.39 is 30.3 Å². The van der Waals surface area contributed by atoms with Crippen molar-refractivity contribution in [3.63, 3.8) is 0 Å². The Kier molecular flexibility index (Phi) is 4.68. The number of benzene rings is 1. The van der Waals surface area contributed by atoms with Gasteiger partial charge in [-0.2, -0.15) is 8.78 Å². The van der Waals surface area contributed by atoms with E-state index in [0.717, 1.165) is 18.2 Å². The number of Topliss-reactive ketones (excluding diaryl/α,β-unsaturated/α-hetero) is 1. The zero-order chi connectivity index (χ0) is 14.6. The molecular weight excluding hydrogens is 275 g/mol. The molecular formula is C11H9F5O3. The largest absolute Gasteiger partial charge is 0.573 e. The highest BCUT2D eigenvalue weighted by atomic mass is 19.4. The monoisotopic (exact) mass is 284 g/mol. The Labute approximate surface area is 104 Å². The van der Waals surface area contributed by atoms with Crippen LogP contribution in [0.2, 0.25) is 0 Å². The second-order valence-electron chi connectivity index (χ2n) is 3.36. The molecule has 0 saturated carbocycles. The highest BCUT2D eigenvalue weighted by molar-refractivity contribution is 5.98. The van der Waals surface area contributed by atoms with E-state index >= 15 is 0 Å². The van der Waals surface area contributed by atoms with E-state index in [9.17, 15) is 26.7 Å². The summed E-state index contributed by atoms with van der Waals surface area (Å²) in [6, 6.07) is 2.34. The zero-order valence-electron chi connectivity index (χ0n) is 9.63. The number of alkyl halides is 5. The lowest BCUT2D eigenvalue weighted by Crippen LogP contribution is -2.17. The molecule has 0 N–H and O–H groups in total. The van der Waals surface area contributed by atoms with Gasteiger partial charge >= 0.3 is 13.0 Å². The Morgan fingerprint density at radius 2 is 1.95 bits per heavy atom. The van der Waals surface area contributed by atoms with E-state index in [4.69, 9.17) is 0 Å². The van der Waals surface area contributed by atoms with Gasteiger partial charge in [-0.05, 0) is 18.2 Å². The number of rotatable bonds is 5. The summed E-state index contributed by atoms with van der Waals surface area (Å²) < 4.78 is 67.9. The highest BCUT2D eigenvalue weighted by Gasteiger charge is 2.31. The molecule has 0 atom stereocenters. The fourth-order valence-corrected chi connectivity index (χ4v) is 1.31. The summed E-state index contributed by atoms with van der Waals surface area (Å²) in [6.07, 6.45) is -5.01. The van der Waals surface area contributed by atoms with Gasteiger partial charge in [0, 0.05) is 6.42 Å². The Morgan fingerprint density at radius 3 is 2.42 bits per heavy atom. The van der Waals surface area contributed by atoms with E-state index in [1.165, 1.54) is 6.92 Å². The summed E-state index contributed by atoms with van der Waals surface area (Å²) in [5.41, 5.74) is -0.385. The van der Waals surface area contributed by atoms with Crippen molar-refractivity contribution in [1.82, 2.24) is 0 Å². The van der Waals surface area contributed by atoms with Crippen LogP contribution in [-0.2, 0) is 0 Å². The average Bonchev–Trinajstić information content (AvgIpc) is 2.27. The van der Waals surface area contributed by atoms with Crippen molar-refractivity contribution in [3.8, 4) is 11.5 Å². The van der Waals surface area contributed by atoms with Gasteiger partial charge in [0.25, 0.3) is 0 Å². The molecule has 0 aliphatic heterocycles. The first-order valence-corrected chi connectivity index (χ1v) is 5.10. The number of hydrogen-bond acceptors (Lipinski definition) is 3. The standard InChI is InChI=1S/C11H9F5O3/c1-2-8(17)7-5-6(19-11(14,15)16)3-4-9(7)18-10(12)13/h3-5,10H,2H2,1H3. The molecule has 0 spiro atoms. The van der Waals surface area contributed by atoms with E-state index in [1.54, 1.807) is 0 Å². The van der Waals surface area contributed by atoms with Gasteiger partial charge in [0.05, 0.1) is 5.56 Å². The molecule has 3 nitrogen and oxygen atoms in total. The van der Waals surface area contributed by atoms with Gasteiger partial charge in [-0.1, -0.05) is 6.92 Å². The third-order valence-corrected chi connectivity index (χ3v) is 2.02. The summed E-state index contributed by atoms with van der Waals surface area (Å²) >= 11 is 0. The number of halogens is 5. The lowest BCUT2D eigenvalue weighted by molar-refractivity contribution is -0.274. The van der Waals surface area contributed by atoms with E-state index in [1.807, 2.05) is 0 Å². The third kappa shape index (κ3) is 4.72. The summed E-state index contributed by atoms with van der Waals surface area (Å²) in [5, 5.41) is 0. The van der Waals surface area contributed by atoms with Crippen LogP contribution < -0.4 is 9.47 Å². The lowest BCUT2D eigenvalue weighted by Gasteiger charge is -2.13. The SMILES string of the molecule is CCC(=O)c1cc(OC(F)(F)F)ccc1OC(F)F. The Hall–Kier alpha value is -1.86.